The first-order valence-electron chi connectivity index (χ1n) is 7.00. The minimum atomic E-state index is 0.522. The number of hydrogen-bond acceptors (Lipinski definition) is 3. The molecule has 0 amide bonds. The van der Waals surface area contributed by atoms with Crippen LogP contribution in [-0.4, -0.2) is 50.3 Å². The zero-order chi connectivity index (χ0) is 12.2. The number of rotatable bonds is 3. The smallest absolute Gasteiger partial charge is 0.0632 e. The molecular formula is C15H22N2O. The van der Waals surface area contributed by atoms with E-state index in [1.54, 1.807) is 0 Å². The van der Waals surface area contributed by atoms with E-state index < -0.39 is 0 Å². The highest BCUT2D eigenvalue weighted by Crippen LogP contribution is 2.26. The van der Waals surface area contributed by atoms with Crippen molar-refractivity contribution in [2.24, 2.45) is 0 Å². The molecule has 2 aliphatic rings. The summed E-state index contributed by atoms with van der Waals surface area (Å²) in [5.74, 6) is 0.718. The number of hydrogen-bond donors (Lipinski definition) is 1. The second-order valence-corrected chi connectivity index (χ2v) is 5.38. The zero-order valence-electron chi connectivity index (χ0n) is 10.8. The molecule has 3 heteroatoms. The highest BCUT2D eigenvalue weighted by Gasteiger charge is 2.26. The predicted molar refractivity (Wildman–Crippen MR) is 72.8 cm³/mol. The summed E-state index contributed by atoms with van der Waals surface area (Å²) in [6.45, 7) is 6.28. The van der Waals surface area contributed by atoms with Gasteiger partial charge in [-0.3, -0.25) is 0 Å². The molecule has 18 heavy (non-hydrogen) atoms. The molecule has 2 fully saturated rings. The van der Waals surface area contributed by atoms with Crippen molar-refractivity contribution < 1.29 is 4.74 Å². The van der Waals surface area contributed by atoms with Crippen LogP contribution in [0.25, 0.3) is 0 Å². The summed E-state index contributed by atoms with van der Waals surface area (Å²) in [6.07, 6.45) is 1.29. The van der Waals surface area contributed by atoms with Gasteiger partial charge in [0.1, 0.15) is 0 Å². The zero-order valence-corrected chi connectivity index (χ0v) is 10.8. The van der Waals surface area contributed by atoms with Crippen LogP contribution in [-0.2, 0) is 4.74 Å². The van der Waals surface area contributed by atoms with Gasteiger partial charge in [-0.15, -0.1) is 0 Å². The Hall–Kier alpha value is -0.900. The molecule has 1 aromatic carbocycles. The molecule has 0 bridgehead atoms. The number of likely N-dealkylation sites (tertiary alicyclic amines) is 1. The van der Waals surface area contributed by atoms with E-state index in [0.29, 0.717) is 6.04 Å². The molecule has 0 spiro atoms. The van der Waals surface area contributed by atoms with E-state index in [4.69, 9.17) is 4.74 Å². The van der Waals surface area contributed by atoms with Crippen molar-refractivity contribution in [2.45, 2.75) is 18.4 Å². The molecule has 0 radical (unpaired) electrons. The summed E-state index contributed by atoms with van der Waals surface area (Å²) in [7, 11) is 0. The Balaban J connectivity index is 1.52. The number of nitrogens with zero attached hydrogens (tertiary/aromatic N) is 1. The Morgan fingerprint density at radius 1 is 1.28 bits per heavy atom. The van der Waals surface area contributed by atoms with Crippen molar-refractivity contribution in [1.29, 1.82) is 0 Å². The highest BCUT2D eigenvalue weighted by atomic mass is 16.5. The fourth-order valence-electron chi connectivity index (χ4n) is 3.04. The van der Waals surface area contributed by atoms with Gasteiger partial charge in [-0.1, -0.05) is 30.3 Å². The van der Waals surface area contributed by atoms with Gasteiger partial charge in [-0.05, 0) is 24.4 Å². The van der Waals surface area contributed by atoms with Gasteiger partial charge in [-0.25, -0.2) is 0 Å². The lowest BCUT2D eigenvalue weighted by Crippen LogP contribution is -2.47. The number of ether oxygens (including phenoxy) is 1. The molecule has 2 unspecified atom stereocenters. The van der Waals surface area contributed by atoms with Gasteiger partial charge in [0.15, 0.2) is 0 Å². The SMILES string of the molecule is c1ccc(C2CCN(CC3COCCN3)C2)cc1. The van der Waals surface area contributed by atoms with Crippen LogP contribution < -0.4 is 5.32 Å². The largest absolute Gasteiger partial charge is 0.378 e. The van der Waals surface area contributed by atoms with E-state index in [0.717, 1.165) is 32.2 Å². The second-order valence-electron chi connectivity index (χ2n) is 5.38. The molecule has 3 rings (SSSR count). The van der Waals surface area contributed by atoms with Crippen LogP contribution in [0.5, 0.6) is 0 Å². The van der Waals surface area contributed by atoms with Crippen molar-refractivity contribution in [1.82, 2.24) is 10.2 Å². The predicted octanol–water partition coefficient (Wildman–Crippen LogP) is 1.46. The van der Waals surface area contributed by atoms with E-state index in [9.17, 15) is 0 Å². The molecule has 1 N–H and O–H groups in total. The fourth-order valence-corrected chi connectivity index (χ4v) is 3.04. The van der Waals surface area contributed by atoms with Crippen LogP contribution in [0.1, 0.15) is 17.9 Å². The average Bonchev–Trinajstić information content (AvgIpc) is 2.89. The van der Waals surface area contributed by atoms with E-state index in [1.807, 2.05) is 0 Å². The Kier molecular flexibility index (Phi) is 3.93. The van der Waals surface area contributed by atoms with E-state index in [-0.39, 0.29) is 0 Å². The summed E-state index contributed by atoms with van der Waals surface area (Å²) in [5, 5.41) is 3.53. The average molecular weight is 246 g/mol. The van der Waals surface area contributed by atoms with Gasteiger partial charge in [0, 0.05) is 25.7 Å². The normalized spacial score (nSPS) is 29.6. The summed E-state index contributed by atoms with van der Waals surface area (Å²) in [5.41, 5.74) is 1.49. The quantitative estimate of drug-likeness (QED) is 0.874. The maximum Gasteiger partial charge on any atom is 0.0632 e. The topological polar surface area (TPSA) is 24.5 Å². The molecule has 3 nitrogen and oxygen atoms in total. The van der Waals surface area contributed by atoms with Crippen molar-refractivity contribution in [3.05, 3.63) is 35.9 Å². The van der Waals surface area contributed by atoms with Crippen molar-refractivity contribution in [3.63, 3.8) is 0 Å². The lowest BCUT2D eigenvalue weighted by molar-refractivity contribution is 0.0649. The molecule has 0 aliphatic carbocycles. The van der Waals surface area contributed by atoms with Crippen LogP contribution in [0.3, 0.4) is 0 Å². The third-order valence-corrected chi connectivity index (χ3v) is 4.02. The third kappa shape index (κ3) is 2.91. The van der Waals surface area contributed by atoms with Gasteiger partial charge < -0.3 is 15.0 Å². The first-order chi connectivity index (χ1) is 8.92. The Labute approximate surface area is 109 Å². The van der Waals surface area contributed by atoms with Gasteiger partial charge in [0.2, 0.25) is 0 Å². The molecule has 2 aliphatic heterocycles. The van der Waals surface area contributed by atoms with E-state index >= 15 is 0 Å². The van der Waals surface area contributed by atoms with Crippen LogP contribution in [0.2, 0.25) is 0 Å². The maximum absolute atomic E-state index is 5.51. The monoisotopic (exact) mass is 246 g/mol. The molecule has 2 heterocycles. The van der Waals surface area contributed by atoms with Crippen LogP contribution in [0.15, 0.2) is 30.3 Å². The lowest BCUT2D eigenvalue weighted by Gasteiger charge is -2.28. The van der Waals surface area contributed by atoms with Gasteiger partial charge in [0.25, 0.3) is 0 Å². The minimum Gasteiger partial charge on any atom is -0.378 e. The number of morpholine rings is 1. The van der Waals surface area contributed by atoms with Crippen molar-refractivity contribution >= 4 is 0 Å². The minimum absolute atomic E-state index is 0.522. The molecule has 2 atom stereocenters. The molecule has 1 aromatic rings. The molecule has 0 saturated carbocycles. The summed E-state index contributed by atoms with van der Waals surface area (Å²) >= 11 is 0. The van der Waals surface area contributed by atoms with Crippen molar-refractivity contribution in [2.75, 3.05) is 39.4 Å². The van der Waals surface area contributed by atoms with Crippen LogP contribution >= 0.6 is 0 Å². The third-order valence-electron chi connectivity index (χ3n) is 4.02. The summed E-state index contributed by atoms with van der Waals surface area (Å²) in [4.78, 5) is 2.57. The second kappa shape index (κ2) is 5.83. The van der Waals surface area contributed by atoms with E-state index in [2.05, 4.69) is 40.5 Å². The fraction of sp³-hybridized carbons (Fsp3) is 0.600. The molecule has 0 aromatic heterocycles. The Bertz CT molecular complexity index is 362. The first kappa shape index (κ1) is 12.2. The Morgan fingerprint density at radius 2 is 2.17 bits per heavy atom. The Morgan fingerprint density at radius 3 is 2.94 bits per heavy atom. The maximum atomic E-state index is 5.51. The summed E-state index contributed by atoms with van der Waals surface area (Å²) in [6, 6.07) is 11.4. The van der Waals surface area contributed by atoms with Gasteiger partial charge >= 0.3 is 0 Å². The first-order valence-corrected chi connectivity index (χ1v) is 7.00. The van der Waals surface area contributed by atoms with Gasteiger partial charge in [-0.2, -0.15) is 0 Å². The highest BCUT2D eigenvalue weighted by molar-refractivity contribution is 5.21. The number of benzene rings is 1. The van der Waals surface area contributed by atoms with Crippen LogP contribution in [0, 0.1) is 0 Å². The van der Waals surface area contributed by atoms with Crippen LogP contribution in [0.4, 0.5) is 0 Å². The standard InChI is InChI=1S/C15H22N2O/c1-2-4-13(5-3-1)14-6-8-17(10-14)11-15-12-18-9-7-16-15/h1-5,14-16H,6-12H2. The lowest BCUT2D eigenvalue weighted by atomic mass is 9.99. The van der Waals surface area contributed by atoms with Gasteiger partial charge in [0.05, 0.1) is 13.2 Å². The van der Waals surface area contributed by atoms with Crippen molar-refractivity contribution in [3.8, 4) is 0 Å². The summed E-state index contributed by atoms with van der Waals surface area (Å²) < 4.78 is 5.51. The molecule has 98 valence electrons. The molecular weight excluding hydrogens is 224 g/mol. The van der Waals surface area contributed by atoms with E-state index in [1.165, 1.54) is 25.1 Å². The number of nitrogens with one attached hydrogen (secondary N) is 1. The molecule has 2 saturated heterocycles.